The Labute approximate surface area is 135 Å². The zero-order valence-corrected chi connectivity index (χ0v) is 13.3. The molecule has 23 heavy (non-hydrogen) atoms. The fourth-order valence-electron chi connectivity index (χ4n) is 1.89. The van der Waals surface area contributed by atoms with Crippen LogP contribution in [-0.2, 0) is 0 Å². The van der Waals surface area contributed by atoms with Crippen molar-refractivity contribution < 1.29 is 14.2 Å². The van der Waals surface area contributed by atoms with Crippen LogP contribution in [0.1, 0.15) is 0 Å². The van der Waals surface area contributed by atoms with E-state index in [1.807, 2.05) is 48.5 Å². The third kappa shape index (κ3) is 5.43. The molecule has 2 aromatic carbocycles. The first kappa shape index (κ1) is 16.5. The van der Waals surface area contributed by atoms with E-state index in [1.165, 1.54) is 0 Å². The summed E-state index contributed by atoms with van der Waals surface area (Å²) >= 11 is 0. The first-order valence-electron chi connectivity index (χ1n) is 7.19. The number of aliphatic imine (C=N–C) groups is 1. The predicted molar refractivity (Wildman–Crippen MR) is 91.6 cm³/mol. The Hall–Kier alpha value is -2.89. The van der Waals surface area contributed by atoms with E-state index in [-0.39, 0.29) is 0 Å². The van der Waals surface area contributed by atoms with Crippen molar-refractivity contribution in [2.75, 3.05) is 32.7 Å². The minimum atomic E-state index is 0.330. The molecule has 0 radical (unpaired) electrons. The van der Waals surface area contributed by atoms with E-state index < -0.39 is 0 Å². The van der Waals surface area contributed by atoms with Gasteiger partial charge in [-0.2, -0.15) is 0 Å². The zero-order valence-electron chi connectivity index (χ0n) is 13.3. The lowest BCUT2D eigenvalue weighted by Crippen LogP contribution is -2.23. The summed E-state index contributed by atoms with van der Waals surface area (Å²) in [7, 11) is 3.25. The van der Waals surface area contributed by atoms with E-state index in [9.17, 15) is 0 Å². The van der Waals surface area contributed by atoms with Gasteiger partial charge in [-0.05, 0) is 36.4 Å². The molecule has 0 saturated carbocycles. The minimum absolute atomic E-state index is 0.330. The number of benzene rings is 2. The van der Waals surface area contributed by atoms with Gasteiger partial charge in [0.2, 0.25) is 0 Å². The van der Waals surface area contributed by atoms with Gasteiger partial charge < -0.3 is 25.3 Å². The highest BCUT2D eigenvalue weighted by Crippen LogP contribution is 2.17. The third-order valence-electron chi connectivity index (χ3n) is 3.04. The van der Waals surface area contributed by atoms with Crippen molar-refractivity contribution in [3.8, 4) is 17.2 Å². The highest BCUT2D eigenvalue weighted by molar-refractivity contribution is 5.92. The molecule has 0 unspecified atom stereocenters. The van der Waals surface area contributed by atoms with E-state index in [1.54, 1.807) is 14.2 Å². The topological polar surface area (TPSA) is 78.1 Å². The van der Waals surface area contributed by atoms with Crippen molar-refractivity contribution in [3.05, 3.63) is 48.5 Å². The quantitative estimate of drug-likeness (QED) is 0.466. The molecule has 122 valence electrons. The van der Waals surface area contributed by atoms with Crippen molar-refractivity contribution in [1.82, 2.24) is 0 Å². The highest BCUT2D eigenvalue weighted by Gasteiger charge is 1.98. The van der Waals surface area contributed by atoms with E-state index in [2.05, 4.69) is 10.3 Å². The van der Waals surface area contributed by atoms with Gasteiger partial charge in [-0.1, -0.05) is 6.07 Å². The number of anilines is 1. The molecule has 0 aliphatic carbocycles. The van der Waals surface area contributed by atoms with Crippen LogP contribution in [0.4, 0.5) is 5.69 Å². The second-order valence-corrected chi connectivity index (χ2v) is 4.65. The fourth-order valence-corrected chi connectivity index (χ4v) is 1.89. The monoisotopic (exact) mass is 315 g/mol. The number of nitrogens with one attached hydrogen (secondary N) is 1. The summed E-state index contributed by atoms with van der Waals surface area (Å²) in [5.41, 5.74) is 6.66. The van der Waals surface area contributed by atoms with Crippen LogP contribution in [0.5, 0.6) is 17.2 Å². The van der Waals surface area contributed by atoms with Gasteiger partial charge in [0.15, 0.2) is 5.96 Å². The van der Waals surface area contributed by atoms with Crippen LogP contribution in [0.2, 0.25) is 0 Å². The molecule has 0 aromatic heterocycles. The summed E-state index contributed by atoms with van der Waals surface area (Å²) in [5, 5.41) is 3.01. The predicted octanol–water partition coefficient (Wildman–Crippen LogP) is 2.51. The lowest BCUT2D eigenvalue weighted by atomic mass is 10.3. The van der Waals surface area contributed by atoms with Gasteiger partial charge in [0.1, 0.15) is 23.9 Å². The Balaban J connectivity index is 1.77. The van der Waals surface area contributed by atoms with Crippen LogP contribution >= 0.6 is 0 Å². The molecule has 0 heterocycles. The Morgan fingerprint density at radius 1 is 1.00 bits per heavy atom. The number of nitrogens with two attached hydrogens (primary N) is 1. The molecule has 2 aromatic rings. The maximum Gasteiger partial charge on any atom is 0.193 e. The standard InChI is InChI=1S/C17H21N3O3/c1-21-14-6-8-15(9-7-14)23-11-10-19-17(18)20-13-4-3-5-16(12-13)22-2/h3-9,12H,10-11H2,1-2H3,(H3,18,19,20). The number of nitrogens with zero attached hydrogens (tertiary/aromatic N) is 1. The van der Waals surface area contributed by atoms with E-state index in [4.69, 9.17) is 19.9 Å². The molecule has 0 spiro atoms. The van der Waals surface area contributed by atoms with Crippen molar-refractivity contribution in [3.63, 3.8) is 0 Å². The second kappa shape index (κ2) is 8.53. The molecule has 0 amide bonds. The van der Waals surface area contributed by atoms with Crippen LogP contribution in [0.25, 0.3) is 0 Å². The Morgan fingerprint density at radius 3 is 2.39 bits per heavy atom. The zero-order chi connectivity index (χ0) is 16.5. The molecule has 3 N–H and O–H groups in total. The minimum Gasteiger partial charge on any atom is -0.497 e. The maximum atomic E-state index is 5.84. The van der Waals surface area contributed by atoms with Gasteiger partial charge in [-0.15, -0.1) is 0 Å². The van der Waals surface area contributed by atoms with Gasteiger partial charge in [0, 0.05) is 11.8 Å². The summed E-state index contributed by atoms with van der Waals surface area (Å²) in [5.74, 6) is 2.64. The molecule has 0 fully saturated rings. The molecular formula is C17H21N3O3. The average Bonchev–Trinajstić information content (AvgIpc) is 2.59. The molecule has 0 aliphatic rings. The molecule has 0 aliphatic heterocycles. The first-order valence-corrected chi connectivity index (χ1v) is 7.19. The van der Waals surface area contributed by atoms with Gasteiger partial charge in [-0.3, -0.25) is 0 Å². The molecule has 6 heteroatoms. The van der Waals surface area contributed by atoms with Crippen LogP contribution in [0, 0.1) is 0 Å². The smallest absolute Gasteiger partial charge is 0.193 e. The van der Waals surface area contributed by atoms with Crippen molar-refractivity contribution >= 4 is 11.6 Å². The van der Waals surface area contributed by atoms with Crippen LogP contribution < -0.4 is 25.3 Å². The molecule has 0 atom stereocenters. The number of ether oxygens (including phenoxy) is 3. The number of hydrogen-bond acceptors (Lipinski definition) is 4. The number of hydrogen-bond donors (Lipinski definition) is 2. The van der Waals surface area contributed by atoms with E-state index in [0.29, 0.717) is 19.1 Å². The lowest BCUT2D eigenvalue weighted by Gasteiger charge is -2.08. The van der Waals surface area contributed by atoms with Crippen LogP contribution in [0.3, 0.4) is 0 Å². The van der Waals surface area contributed by atoms with Gasteiger partial charge in [0.25, 0.3) is 0 Å². The van der Waals surface area contributed by atoms with Gasteiger partial charge in [0.05, 0.1) is 20.8 Å². The molecule has 6 nitrogen and oxygen atoms in total. The molecule has 0 saturated heterocycles. The molecular weight excluding hydrogens is 294 g/mol. The summed E-state index contributed by atoms with van der Waals surface area (Å²) in [6, 6.07) is 14.9. The summed E-state index contributed by atoms with van der Waals surface area (Å²) in [6.45, 7) is 0.891. The van der Waals surface area contributed by atoms with Crippen LogP contribution in [0.15, 0.2) is 53.5 Å². The highest BCUT2D eigenvalue weighted by atomic mass is 16.5. The Bertz CT molecular complexity index is 642. The van der Waals surface area contributed by atoms with Crippen molar-refractivity contribution in [1.29, 1.82) is 0 Å². The largest absolute Gasteiger partial charge is 0.497 e. The first-order chi connectivity index (χ1) is 11.2. The van der Waals surface area contributed by atoms with E-state index >= 15 is 0 Å². The van der Waals surface area contributed by atoms with Crippen molar-refractivity contribution in [2.24, 2.45) is 10.7 Å². The normalized spacial score (nSPS) is 11.0. The third-order valence-corrected chi connectivity index (χ3v) is 3.04. The summed E-state index contributed by atoms with van der Waals surface area (Å²) in [6.07, 6.45) is 0. The number of rotatable bonds is 7. The summed E-state index contributed by atoms with van der Waals surface area (Å²) in [4.78, 5) is 4.22. The van der Waals surface area contributed by atoms with Gasteiger partial charge >= 0.3 is 0 Å². The van der Waals surface area contributed by atoms with E-state index in [0.717, 1.165) is 22.9 Å². The SMILES string of the molecule is COc1ccc(OCCN=C(N)Nc2cccc(OC)c2)cc1. The number of guanidine groups is 1. The van der Waals surface area contributed by atoms with Gasteiger partial charge in [-0.25, -0.2) is 4.99 Å². The Morgan fingerprint density at radius 2 is 1.70 bits per heavy atom. The van der Waals surface area contributed by atoms with Crippen molar-refractivity contribution in [2.45, 2.75) is 0 Å². The molecule has 2 rings (SSSR count). The lowest BCUT2D eigenvalue weighted by molar-refractivity contribution is 0.327. The average molecular weight is 315 g/mol. The maximum absolute atomic E-state index is 5.84. The summed E-state index contributed by atoms with van der Waals surface area (Å²) < 4.78 is 15.8. The van der Waals surface area contributed by atoms with Crippen LogP contribution in [-0.4, -0.2) is 33.3 Å². The number of methoxy groups -OCH3 is 2. The Kier molecular flexibility index (Phi) is 6.11. The second-order valence-electron chi connectivity index (χ2n) is 4.65. The fraction of sp³-hybridized carbons (Fsp3) is 0.235. The molecule has 0 bridgehead atoms.